The van der Waals surface area contributed by atoms with Gasteiger partial charge in [-0.15, -0.1) is 0 Å². The van der Waals surface area contributed by atoms with Gasteiger partial charge in [0.2, 0.25) is 0 Å². The lowest BCUT2D eigenvalue weighted by atomic mass is 10.1. The van der Waals surface area contributed by atoms with Crippen LogP contribution in [-0.4, -0.2) is 11.0 Å². The maximum Gasteiger partial charge on any atom is 0.170 e. The minimum atomic E-state index is 0.0896. The fourth-order valence-electron chi connectivity index (χ4n) is 1.81. The van der Waals surface area contributed by atoms with Crippen molar-refractivity contribution < 1.29 is 9.94 Å². The Morgan fingerprint density at radius 1 is 1.25 bits per heavy atom. The molecule has 0 aliphatic heterocycles. The first-order valence-corrected chi connectivity index (χ1v) is 6.43. The predicted molar refractivity (Wildman–Crippen MR) is 79.5 cm³/mol. The highest BCUT2D eigenvalue weighted by Crippen LogP contribution is 2.19. The lowest BCUT2D eigenvalue weighted by Crippen LogP contribution is -2.14. The predicted octanol–water partition coefficient (Wildman–Crippen LogP) is 3.32. The van der Waals surface area contributed by atoms with E-state index in [1.54, 1.807) is 12.1 Å². The molecule has 0 saturated carbocycles. The third-order valence-corrected chi connectivity index (χ3v) is 3.15. The quantitative estimate of drug-likeness (QED) is 0.393. The molecule has 0 unspecified atom stereocenters. The molecule has 20 heavy (non-hydrogen) atoms. The van der Waals surface area contributed by atoms with E-state index in [1.165, 1.54) is 0 Å². The summed E-state index contributed by atoms with van der Waals surface area (Å²) in [7, 11) is 0. The second-order valence-corrected chi connectivity index (χ2v) is 4.81. The van der Waals surface area contributed by atoms with Crippen LogP contribution in [0, 0.1) is 6.92 Å². The van der Waals surface area contributed by atoms with Crippen LogP contribution in [0.4, 0.5) is 0 Å². The fraction of sp³-hybridized carbons (Fsp3) is 0.133. The molecule has 0 heterocycles. The van der Waals surface area contributed by atoms with Crippen molar-refractivity contribution in [2.75, 3.05) is 0 Å². The van der Waals surface area contributed by atoms with Crippen LogP contribution in [0.2, 0.25) is 5.02 Å². The van der Waals surface area contributed by atoms with E-state index in [-0.39, 0.29) is 5.84 Å². The van der Waals surface area contributed by atoms with Crippen LogP contribution in [0.5, 0.6) is 5.75 Å². The van der Waals surface area contributed by atoms with Gasteiger partial charge in [0.1, 0.15) is 12.4 Å². The number of amidine groups is 1. The van der Waals surface area contributed by atoms with E-state index in [1.807, 2.05) is 37.3 Å². The number of nitrogens with zero attached hydrogens (tertiary/aromatic N) is 1. The molecule has 0 atom stereocenters. The van der Waals surface area contributed by atoms with Gasteiger partial charge in [0.05, 0.1) is 0 Å². The van der Waals surface area contributed by atoms with Crippen molar-refractivity contribution in [2.45, 2.75) is 13.5 Å². The first-order chi connectivity index (χ1) is 9.60. The van der Waals surface area contributed by atoms with Crippen LogP contribution >= 0.6 is 11.6 Å². The van der Waals surface area contributed by atoms with E-state index in [0.29, 0.717) is 17.2 Å². The monoisotopic (exact) mass is 290 g/mol. The van der Waals surface area contributed by atoms with Crippen LogP contribution in [0.15, 0.2) is 47.6 Å². The van der Waals surface area contributed by atoms with E-state index in [4.69, 9.17) is 27.3 Å². The van der Waals surface area contributed by atoms with Gasteiger partial charge >= 0.3 is 0 Å². The average molecular weight is 291 g/mol. The van der Waals surface area contributed by atoms with E-state index >= 15 is 0 Å². The molecule has 2 rings (SSSR count). The van der Waals surface area contributed by atoms with Crippen LogP contribution in [0.25, 0.3) is 0 Å². The zero-order valence-corrected chi connectivity index (χ0v) is 11.8. The summed E-state index contributed by atoms with van der Waals surface area (Å²) >= 11 is 5.83. The molecule has 0 radical (unpaired) electrons. The molecule has 5 heteroatoms. The normalized spacial score (nSPS) is 11.4. The van der Waals surface area contributed by atoms with Crippen LogP contribution in [0.3, 0.4) is 0 Å². The number of hydrogen-bond acceptors (Lipinski definition) is 3. The Morgan fingerprint density at radius 2 is 1.95 bits per heavy atom. The molecule has 0 aliphatic carbocycles. The van der Waals surface area contributed by atoms with Crippen molar-refractivity contribution in [1.82, 2.24) is 0 Å². The molecule has 0 spiro atoms. The number of benzene rings is 2. The Hall–Kier alpha value is -2.20. The highest BCUT2D eigenvalue weighted by atomic mass is 35.5. The molecule has 0 fully saturated rings. The van der Waals surface area contributed by atoms with Gasteiger partial charge in [0, 0.05) is 10.6 Å². The number of hydrogen-bond donors (Lipinski definition) is 2. The Bertz CT molecular complexity index is 624. The molecule has 0 saturated heterocycles. The van der Waals surface area contributed by atoms with E-state index in [2.05, 4.69) is 5.16 Å². The first-order valence-electron chi connectivity index (χ1n) is 6.06. The highest BCUT2D eigenvalue weighted by Gasteiger charge is 2.05. The van der Waals surface area contributed by atoms with Gasteiger partial charge in [-0.1, -0.05) is 28.9 Å². The third-order valence-electron chi connectivity index (χ3n) is 2.90. The number of halogens is 1. The van der Waals surface area contributed by atoms with Crippen molar-refractivity contribution in [1.29, 1.82) is 0 Å². The molecular formula is C15H15ClN2O2. The van der Waals surface area contributed by atoms with E-state index < -0.39 is 0 Å². The lowest BCUT2D eigenvalue weighted by molar-refractivity contribution is 0.306. The largest absolute Gasteiger partial charge is 0.489 e. The topological polar surface area (TPSA) is 67.8 Å². The van der Waals surface area contributed by atoms with Crippen LogP contribution in [0.1, 0.15) is 16.7 Å². The maximum absolute atomic E-state index is 8.68. The zero-order valence-electron chi connectivity index (χ0n) is 11.0. The van der Waals surface area contributed by atoms with Gasteiger partial charge < -0.3 is 15.7 Å². The van der Waals surface area contributed by atoms with Crippen molar-refractivity contribution in [3.8, 4) is 5.75 Å². The summed E-state index contributed by atoms with van der Waals surface area (Å²) < 4.78 is 5.69. The summed E-state index contributed by atoms with van der Waals surface area (Å²) in [5.74, 6) is 0.818. The molecule has 4 nitrogen and oxygen atoms in total. The number of aryl methyl sites for hydroxylation is 1. The minimum absolute atomic E-state index is 0.0896. The maximum atomic E-state index is 8.68. The van der Waals surface area contributed by atoms with Crippen molar-refractivity contribution >= 4 is 17.4 Å². The van der Waals surface area contributed by atoms with Gasteiger partial charge in [-0.05, 0) is 48.4 Å². The molecular weight excluding hydrogens is 276 g/mol. The second kappa shape index (κ2) is 6.30. The Morgan fingerprint density at radius 3 is 2.55 bits per heavy atom. The van der Waals surface area contributed by atoms with Gasteiger partial charge in [-0.2, -0.15) is 0 Å². The second-order valence-electron chi connectivity index (χ2n) is 4.38. The molecule has 2 aromatic rings. The highest BCUT2D eigenvalue weighted by molar-refractivity contribution is 6.30. The number of oxime groups is 1. The lowest BCUT2D eigenvalue weighted by Gasteiger charge is -2.09. The van der Waals surface area contributed by atoms with Gasteiger partial charge in [0.25, 0.3) is 0 Å². The smallest absolute Gasteiger partial charge is 0.170 e. The first kappa shape index (κ1) is 14.2. The standard InChI is InChI=1S/C15H15ClN2O2/c1-10-8-13(6-7-14(10)15(17)18-19)20-9-11-2-4-12(16)5-3-11/h2-8,19H,9H2,1H3,(H2,17,18). The molecule has 2 aromatic carbocycles. The van der Waals surface area contributed by atoms with Crippen molar-refractivity contribution in [2.24, 2.45) is 10.9 Å². The zero-order chi connectivity index (χ0) is 14.5. The van der Waals surface area contributed by atoms with Gasteiger partial charge in [-0.25, -0.2) is 0 Å². The molecule has 0 bridgehead atoms. The van der Waals surface area contributed by atoms with Crippen molar-refractivity contribution in [3.05, 3.63) is 64.2 Å². The summed E-state index contributed by atoms with van der Waals surface area (Å²) in [5, 5.41) is 12.4. The van der Waals surface area contributed by atoms with Crippen LogP contribution < -0.4 is 10.5 Å². The minimum Gasteiger partial charge on any atom is -0.489 e. The molecule has 3 N–H and O–H groups in total. The van der Waals surface area contributed by atoms with Crippen LogP contribution in [-0.2, 0) is 6.61 Å². The third kappa shape index (κ3) is 3.42. The van der Waals surface area contributed by atoms with E-state index in [0.717, 1.165) is 16.9 Å². The number of rotatable bonds is 4. The molecule has 0 amide bonds. The Balaban J connectivity index is 2.07. The number of nitrogens with two attached hydrogens (primary N) is 1. The fourth-order valence-corrected chi connectivity index (χ4v) is 1.94. The summed E-state index contributed by atoms with van der Waals surface area (Å²) in [6.45, 7) is 2.34. The van der Waals surface area contributed by atoms with Gasteiger partial charge in [0.15, 0.2) is 5.84 Å². The van der Waals surface area contributed by atoms with E-state index in [9.17, 15) is 0 Å². The molecule has 0 aromatic heterocycles. The summed E-state index contributed by atoms with van der Waals surface area (Å²) in [5.41, 5.74) is 8.18. The Kier molecular flexibility index (Phi) is 4.48. The number of ether oxygens (including phenoxy) is 1. The Labute approximate surface area is 122 Å². The average Bonchev–Trinajstić information content (AvgIpc) is 2.46. The van der Waals surface area contributed by atoms with Gasteiger partial charge in [-0.3, -0.25) is 0 Å². The summed E-state index contributed by atoms with van der Waals surface area (Å²) in [6, 6.07) is 12.9. The SMILES string of the molecule is Cc1cc(OCc2ccc(Cl)cc2)ccc1/C(N)=N/O. The summed E-state index contributed by atoms with van der Waals surface area (Å²) in [6.07, 6.45) is 0. The molecule has 104 valence electrons. The molecule has 0 aliphatic rings. The van der Waals surface area contributed by atoms with Crippen molar-refractivity contribution in [3.63, 3.8) is 0 Å². The summed E-state index contributed by atoms with van der Waals surface area (Å²) in [4.78, 5) is 0.